The van der Waals surface area contributed by atoms with Crippen LogP contribution in [0, 0.1) is 6.92 Å². The van der Waals surface area contributed by atoms with Crippen LogP contribution in [0.3, 0.4) is 0 Å². The molecule has 1 N–H and O–H groups in total. The predicted octanol–water partition coefficient (Wildman–Crippen LogP) is 4.11. The van der Waals surface area contributed by atoms with E-state index in [4.69, 9.17) is 9.47 Å². The molecule has 3 rings (SSSR count). The zero-order valence-electron chi connectivity index (χ0n) is 15.5. The van der Waals surface area contributed by atoms with E-state index in [0.717, 1.165) is 11.3 Å². The lowest BCUT2D eigenvalue weighted by Crippen LogP contribution is -2.15. The Morgan fingerprint density at radius 3 is 2.52 bits per heavy atom. The maximum absolute atomic E-state index is 12.7. The monoisotopic (exact) mass is 363 g/mol. The van der Waals surface area contributed by atoms with Gasteiger partial charge in [-0.05, 0) is 50.2 Å². The number of methoxy groups -OCH3 is 1. The van der Waals surface area contributed by atoms with E-state index in [-0.39, 0.29) is 5.91 Å². The molecule has 2 aromatic carbocycles. The Bertz CT molecular complexity index is 940. The van der Waals surface area contributed by atoms with Gasteiger partial charge in [-0.25, -0.2) is 9.97 Å². The normalized spacial score (nSPS) is 10.3. The number of nitrogens with zero attached hydrogens (tertiary/aromatic N) is 2. The molecular weight excluding hydrogens is 342 g/mol. The van der Waals surface area contributed by atoms with Gasteiger partial charge in [-0.2, -0.15) is 0 Å². The first-order chi connectivity index (χ1) is 13.1. The number of carbonyl (C=O) groups is 1. The standard InChI is InChI=1S/C21H21N3O3/c1-4-27-19-8-6-5-7-18(19)24-21(25)17-13-22-20(23-14(17)2)15-9-11-16(26-3)12-10-15/h5-13H,4H2,1-3H3,(H,24,25). The van der Waals surface area contributed by atoms with E-state index in [2.05, 4.69) is 15.3 Å². The molecule has 0 radical (unpaired) electrons. The summed E-state index contributed by atoms with van der Waals surface area (Å²) in [4.78, 5) is 21.5. The van der Waals surface area contributed by atoms with Gasteiger partial charge in [-0.1, -0.05) is 12.1 Å². The molecule has 0 aliphatic rings. The molecule has 0 bridgehead atoms. The summed E-state index contributed by atoms with van der Waals surface area (Å²) in [5.41, 5.74) is 2.48. The van der Waals surface area contributed by atoms with Gasteiger partial charge in [0.2, 0.25) is 0 Å². The summed E-state index contributed by atoms with van der Waals surface area (Å²) < 4.78 is 10.7. The Hall–Kier alpha value is -3.41. The topological polar surface area (TPSA) is 73.3 Å². The summed E-state index contributed by atoms with van der Waals surface area (Å²) >= 11 is 0. The molecule has 0 aliphatic heterocycles. The minimum Gasteiger partial charge on any atom is -0.497 e. The fraction of sp³-hybridized carbons (Fsp3) is 0.190. The number of ether oxygens (including phenoxy) is 2. The third kappa shape index (κ3) is 4.23. The fourth-order valence-electron chi connectivity index (χ4n) is 2.61. The van der Waals surface area contributed by atoms with Crippen molar-refractivity contribution in [1.82, 2.24) is 9.97 Å². The van der Waals surface area contributed by atoms with Crippen molar-refractivity contribution in [3.05, 3.63) is 66.0 Å². The van der Waals surface area contributed by atoms with Crippen molar-refractivity contribution in [2.75, 3.05) is 19.0 Å². The highest BCUT2D eigenvalue weighted by Crippen LogP contribution is 2.25. The lowest BCUT2D eigenvalue weighted by molar-refractivity contribution is 0.102. The Balaban J connectivity index is 1.82. The molecule has 0 atom stereocenters. The number of aromatic nitrogens is 2. The average Bonchev–Trinajstić information content (AvgIpc) is 2.69. The second kappa shape index (κ2) is 8.31. The van der Waals surface area contributed by atoms with E-state index in [1.165, 1.54) is 0 Å². The molecule has 0 fully saturated rings. The highest BCUT2D eigenvalue weighted by molar-refractivity contribution is 6.05. The Labute approximate surface area is 158 Å². The van der Waals surface area contributed by atoms with E-state index < -0.39 is 0 Å². The zero-order chi connectivity index (χ0) is 19.2. The molecular formula is C21H21N3O3. The van der Waals surface area contributed by atoms with Gasteiger partial charge in [0.25, 0.3) is 5.91 Å². The van der Waals surface area contributed by atoms with Crippen LogP contribution in [-0.4, -0.2) is 29.6 Å². The van der Waals surface area contributed by atoms with Crippen LogP contribution in [0.4, 0.5) is 5.69 Å². The number of rotatable bonds is 6. The number of amides is 1. The summed E-state index contributed by atoms with van der Waals surface area (Å²) in [6.07, 6.45) is 1.54. The first-order valence-electron chi connectivity index (χ1n) is 8.63. The van der Waals surface area contributed by atoms with Crippen molar-refractivity contribution in [2.24, 2.45) is 0 Å². The van der Waals surface area contributed by atoms with Crippen LogP contribution in [0.5, 0.6) is 11.5 Å². The molecule has 1 heterocycles. The molecule has 3 aromatic rings. The fourth-order valence-corrected chi connectivity index (χ4v) is 2.61. The lowest BCUT2D eigenvalue weighted by Gasteiger charge is -2.12. The predicted molar refractivity (Wildman–Crippen MR) is 104 cm³/mol. The SMILES string of the molecule is CCOc1ccccc1NC(=O)c1cnc(-c2ccc(OC)cc2)nc1C. The number of benzene rings is 2. The third-order valence-corrected chi connectivity index (χ3v) is 4.01. The van der Waals surface area contributed by atoms with Crippen LogP contribution in [0.2, 0.25) is 0 Å². The summed E-state index contributed by atoms with van der Waals surface area (Å²) in [7, 11) is 1.62. The van der Waals surface area contributed by atoms with E-state index in [1.807, 2.05) is 49.4 Å². The highest BCUT2D eigenvalue weighted by atomic mass is 16.5. The minimum absolute atomic E-state index is 0.277. The smallest absolute Gasteiger partial charge is 0.259 e. The van der Waals surface area contributed by atoms with E-state index >= 15 is 0 Å². The van der Waals surface area contributed by atoms with E-state index in [9.17, 15) is 4.79 Å². The van der Waals surface area contributed by atoms with Gasteiger partial charge < -0.3 is 14.8 Å². The zero-order valence-corrected chi connectivity index (χ0v) is 15.5. The van der Waals surface area contributed by atoms with Gasteiger partial charge in [0.05, 0.1) is 30.7 Å². The maximum atomic E-state index is 12.7. The molecule has 6 heteroatoms. The molecule has 1 aromatic heterocycles. The first-order valence-corrected chi connectivity index (χ1v) is 8.63. The van der Waals surface area contributed by atoms with Gasteiger partial charge >= 0.3 is 0 Å². The van der Waals surface area contributed by atoms with Gasteiger partial charge in [0.15, 0.2) is 5.82 Å². The van der Waals surface area contributed by atoms with Crippen molar-refractivity contribution >= 4 is 11.6 Å². The second-order valence-corrected chi connectivity index (χ2v) is 5.80. The Kier molecular flexibility index (Phi) is 5.66. The molecule has 0 aliphatic carbocycles. The van der Waals surface area contributed by atoms with Gasteiger partial charge in [0, 0.05) is 11.8 Å². The number of nitrogens with one attached hydrogen (secondary N) is 1. The van der Waals surface area contributed by atoms with Gasteiger partial charge in [-0.3, -0.25) is 4.79 Å². The molecule has 0 saturated heterocycles. The molecule has 6 nitrogen and oxygen atoms in total. The number of hydrogen-bond donors (Lipinski definition) is 1. The molecule has 1 amide bonds. The molecule has 138 valence electrons. The summed E-state index contributed by atoms with van der Waals surface area (Å²) in [6, 6.07) is 14.8. The van der Waals surface area contributed by atoms with Crippen LogP contribution in [-0.2, 0) is 0 Å². The number of carbonyl (C=O) groups excluding carboxylic acids is 1. The largest absolute Gasteiger partial charge is 0.497 e. The summed E-state index contributed by atoms with van der Waals surface area (Å²) in [5.74, 6) is 1.67. The molecule has 0 saturated carbocycles. The maximum Gasteiger partial charge on any atom is 0.259 e. The van der Waals surface area contributed by atoms with Crippen LogP contribution in [0.25, 0.3) is 11.4 Å². The van der Waals surface area contributed by atoms with Crippen LogP contribution < -0.4 is 14.8 Å². The van der Waals surface area contributed by atoms with Crippen LogP contribution >= 0.6 is 0 Å². The van der Waals surface area contributed by atoms with Crippen molar-refractivity contribution in [2.45, 2.75) is 13.8 Å². The lowest BCUT2D eigenvalue weighted by atomic mass is 10.1. The van der Waals surface area contributed by atoms with E-state index in [1.54, 1.807) is 26.3 Å². The van der Waals surface area contributed by atoms with Crippen molar-refractivity contribution < 1.29 is 14.3 Å². The van der Waals surface area contributed by atoms with Crippen molar-refractivity contribution in [3.8, 4) is 22.9 Å². The number of aryl methyl sites for hydroxylation is 1. The Morgan fingerprint density at radius 2 is 1.85 bits per heavy atom. The van der Waals surface area contributed by atoms with Crippen molar-refractivity contribution in [3.63, 3.8) is 0 Å². The van der Waals surface area contributed by atoms with Gasteiger partial charge in [-0.15, -0.1) is 0 Å². The molecule has 27 heavy (non-hydrogen) atoms. The number of anilines is 1. The average molecular weight is 363 g/mol. The Morgan fingerprint density at radius 1 is 1.11 bits per heavy atom. The molecule has 0 unspecified atom stereocenters. The van der Waals surface area contributed by atoms with E-state index in [0.29, 0.717) is 35.1 Å². The summed E-state index contributed by atoms with van der Waals surface area (Å²) in [6.45, 7) is 4.21. The van der Waals surface area contributed by atoms with Crippen molar-refractivity contribution in [1.29, 1.82) is 0 Å². The van der Waals surface area contributed by atoms with Crippen LogP contribution in [0.15, 0.2) is 54.7 Å². The quantitative estimate of drug-likeness (QED) is 0.713. The second-order valence-electron chi connectivity index (χ2n) is 5.80. The third-order valence-electron chi connectivity index (χ3n) is 4.01. The number of hydrogen-bond acceptors (Lipinski definition) is 5. The minimum atomic E-state index is -0.277. The number of para-hydroxylation sites is 2. The summed E-state index contributed by atoms with van der Waals surface area (Å²) in [5, 5.41) is 2.87. The van der Waals surface area contributed by atoms with Gasteiger partial charge in [0.1, 0.15) is 11.5 Å². The molecule has 0 spiro atoms. The highest BCUT2D eigenvalue weighted by Gasteiger charge is 2.14. The first kappa shape index (κ1) is 18.4. The van der Waals surface area contributed by atoms with Crippen LogP contribution in [0.1, 0.15) is 23.0 Å².